The number of ketones is 2. The average molecular weight is 748 g/mol. The third-order valence-corrected chi connectivity index (χ3v) is 13.4. The maximum absolute atomic E-state index is 13.6. The summed E-state index contributed by atoms with van der Waals surface area (Å²) in [6.07, 6.45) is 5.61. The lowest BCUT2D eigenvalue weighted by Crippen LogP contribution is -2.62. The zero-order chi connectivity index (χ0) is 39.2. The highest BCUT2D eigenvalue weighted by Gasteiger charge is 2.68. The van der Waals surface area contributed by atoms with Gasteiger partial charge in [-0.05, 0) is 85.3 Å². The van der Waals surface area contributed by atoms with Crippen LogP contribution in [0, 0.1) is 34.5 Å². The van der Waals surface area contributed by atoms with E-state index in [1.54, 1.807) is 26.1 Å². The fourth-order valence-corrected chi connectivity index (χ4v) is 10.5. The van der Waals surface area contributed by atoms with E-state index < -0.39 is 71.3 Å². The molecule has 1 heterocycles. The summed E-state index contributed by atoms with van der Waals surface area (Å²) in [5.41, 5.74) is -0.389. The molecule has 13 nitrogen and oxygen atoms in total. The molecule has 0 radical (unpaired) electrons. The molecule has 0 spiro atoms. The first-order valence-electron chi connectivity index (χ1n) is 19.2. The van der Waals surface area contributed by atoms with Gasteiger partial charge in [0.25, 0.3) is 0 Å². The van der Waals surface area contributed by atoms with Crippen molar-refractivity contribution in [1.82, 2.24) is 15.6 Å². The maximum atomic E-state index is 13.6. The molecule has 0 saturated heterocycles. The van der Waals surface area contributed by atoms with Crippen LogP contribution < -0.4 is 10.6 Å². The van der Waals surface area contributed by atoms with E-state index in [0.717, 1.165) is 29.3 Å². The largest absolute Gasteiger partial charge is 0.480 e. The molecule has 54 heavy (non-hydrogen) atoms. The minimum atomic E-state index is -1.80. The minimum Gasteiger partial charge on any atom is -0.480 e. The molecule has 1 aromatic heterocycles. The molecule has 0 aliphatic heterocycles. The number of carboxylic acids is 1. The van der Waals surface area contributed by atoms with E-state index in [9.17, 15) is 44.1 Å². The normalized spacial score (nSPS) is 31.4. The van der Waals surface area contributed by atoms with E-state index in [-0.39, 0.29) is 61.1 Å². The number of H-pyrrole nitrogens is 1. The summed E-state index contributed by atoms with van der Waals surface area (Å²) < 4.78 is 5.27. The van der Waals surface area contributed by atoms with E-state index in [2.05, 4.69) is 22.5 Å². The number of benzene rings is 1. The Morgan fingerprint density at radius 2 is 1.76 bits per heavy atom. The number of ether oxygens (including phenoxy) is 1. The molecule has 6 N–H and O–H groups in total. The number of hydrogen-bond acceptors (Lipinski definition) is 9. The van der Waals surface area contributed by atoms with Gasteiger partial charge in [-0.15, -0.1) is 0 Å². The first-order valence-corrected chi connectivity index (χ1v) is 19.2. The molecule has 2 amide bonds. The van der Waals surface area contributed by atoms with Crippen LogP contribution in [0.25, 0.3) is 10.9 Å². The van der Waals surface area contributed by atoms with Crippen LogP contribution >= 0.6 is 0 Å². The number of nitrogens with one attached hydrogen (secondary N) is 3. The van der Waals surface area contributed by atoms with Crippen molar-refractivity contribution in [3.8, 4) is 0 Å². The Labute approximate surface area is 314 Å². The molecule has 2 aromatic rings. The van der Waals surface area contributed by atoms with Crippen LogP contribution in [0.1, 0.15) is 91.0 Å². The summed E-state index contributed by atoms with van der Waals surface area (Å²) in [4.78, 5) is 79.9. The lowest BCUT2D eigenvalue weighted by atomic mass is 9.45. The summed E-state index contributed by atoms with van der Waals surface area (Å²) in [5, 5.41) is 39.4. The van der Waals surface area contributed by atoms with Crippen LogP contribution in [-0.2, 0) is 39.9 Å². The van der Waals surface area contributed by atoms with Gasteiger partial charge >= 0.3 is 11.9 Å². The first-order chi connectivity index (χ1) is 25.5. The molecule has 3 fully saturated rings. The van der Waals surface area contributed by atoms with Crippen molar-refractivity contribution in [3.63, 3.8) is 0 Å². The SMILES string of the molecule is CC(C)[C@@H](NC(=O)CCC(=O)OCC(=O)[C@@]1(O)CC[C@H]2[C@@H]3CCC4=CC(=O)CC[C@]4(C)[C@H]3[C@H](O)C[C@@]21C)C(=O)N[C@@H](Cc1c[nH]c2ccccc12)C(=O)O. The summed E-state index contributed by atoms with van der Waals surface area (Å²) >= 11 is 0. The topological polar surface area (TPSA) is 212 Å². The zero-order valence-corrected chi connectivity index (χ0v) is 31.5. The molecule has 4 aliphatic carbocycles. The quantitative estimate of drug-likeness (QED) is 0.164. The first kappa shape index (κ1) is 39.3. The van der Waals surface area contributed by atoms with Gasteiger partial charge in [-0.2, -0.15) is 0 Å². The Morgan fingerprint density at radius 1 is 1.02 bits per heavy atom. The van der Waals surface area contributed by atoms with Crippen molar-refractivity contribution in [2.45, 2.75) is 116 Å². The standard InChI is InChI=1S/C41H53N3O10/c1-22(2)36(37(50)43-30(38(51)52)17-23-20-42-29-8-6-5-7-26(23)29)44-33(48)11-12-34(49)54-21-32(47)41(53)16-14-28-27-10-9-24-18-25(45)13-15-39(24,3)35(27)31(46)19-40(28,41)4/h5-8,18,20,22,27-28,30-31,35-36,42,46,53H,9-17,19,21H2,1-4H3,(H,43,50)(H,44,48)(H,51,52)/t27-,28-,30-,31+,35+,36+,39-,40-,41-/m0/s1. The van der Waals surface area contributed by atoms with Gasteiger partial charge in [0, 0.05) is 41.8 Å². The number of carbonyl (C=O) groups is 6. The van der Waals surface area contributed by atoms with Crippen LogP contribution in [0.15, 0.2) is 42.1 Å². The number of aliphatic hydroxyl groups excluding tert-OH is 1. The third kappa shape index (κ3) is 7.12. The number of esters is 1. The minimum absolute atomic E-state index is 0.0199. The van der Waals surface area contributed by atoms with E-state index in [1.165, 1.54) is 0 Å². The lowest BCUT2D eigenvalue weighted by Gasteiger charge is -2.60. The second-order valence-corrected chi connectivity index (χ2v) is 16.8. The number of para-hydroxylation sites is 1. The second-order valence-electron chi connectivity index (χ2n) is 16.8. The molecule has 6 rings (SSSR count). The van der Waals surface area contributed by atoms with E-state index in [0.29, 0.717) is 24.8 Å². The fraction of sp³-hybridized carbons (Fsp3) is 0.610. The van der Waals surface area contributed by atoms with Crippen LogP contribution in [0.4, 0.5) is 0 Å². The Bertz CT molecular complexity index is 1870. The molecule has 13 heteroatoms. The smallest absolute Gasteiger partial charge is 0.326 e. The molecular weight excluding hydrogens is 694 g/mol. The number of carboxylic acid groups (broad SMARTS) is 1. The van der Waals surface area contributed by atoms with Gasteiger partial charge in [0.15, 0.2) is 12.4 Å². The number of carbonyl (C=O) groups excluding carboxylic acids is 5. The maximum Gasteiger partial charge on any atom is 0.326 e. The van der Waals surface area contributed by atoms with Crippen molar-refractivity contribution < 1.29 is 48.8 Å². The van der Waals surface area contributed by atoms with Crippen LogP contribution in [0.3, 0.4) is 0 Å². The molecular formula is C41H53N3O10. The lowest BCUT2D eigenvalue weighted by molar-refractivity contribution is -0.184. The van der Waals surface area contributed by atoms with Gasteiger partial charge in [-0.25, -0.2) is 4.79 Å². The number of fused-ring (bicyclic) bond motifs is 6. The van der Waals surface area contributed by atoms with Gasteiger partial charge in [0.05, 0.1) is 12.5 Å². The average Bonchev–Trinajstić information content (AvgIpc) is 3.65. The molecule has 4 aliphatic rings. The van der Waals surface area contributed by atoms with Crippen LogP contribution in [0.2, 0.25) is 0 Å². The van der Waals surface area contributed by atoms with Crippen molar-refractivity contribution in [1.29, 1.82) is 0 Å². The van der Waals surface area contributed by atoms with Crippen molar-refractivity contribution in [3.05, 3.63) is 47.7 Å². The Balaban J connectivity index is 1.01. The number of amides is 2. The molecule has 3 saturated carbocycles. The Morgan fingerprint density at radius 3 is 2.48 bits per heavy atom. The van der Waals surface area contributed by atoms with Gasteiger partial charge < -0.3 is 35.7 Å². The van der Waals surface area contributed by atoms with E-state index in [4.69, 9.17) is 4.74 Å². The second kappa shape index (κ2) is 15.1. The highest BCUT2D eigenvalue weighted by atomic mass is 16.5. The van der Waals surface area contributed by atoms with Gasteiger partial charge in [0.1, 0.15) is 17.7 Å². The predicted octanol–water partition coefficient (Wildman–Crippen LogP) is 3.55. The highest BCUT2D eigenvalue weighted by Crippen LogP contribution is 2.67. The monoisotopic (exact) mass is 747 g/mol. The number of aliphatic hydroxyl groups is 2. The summed E-state index contributed by atoms with van der Waals surface area (Å²) in [6.45, 7) is 6.71. The fourth-order valence-electron chi connectivity index (χ4n) is 10.5. The number of aromatic nitrogens is 1. The Kier molecular flexibility index (Phi) is 11.0. The van der Waals surface area contributed by atoms with E-state index in [1.807, 2.05) is 31.2 Å². The van der Waals surface area contributed by atoms with Crippen LogP contribution in [0.5, 0.6) is 0 Å². The number of allylic oxidation sites excluding steroid dienone is 1. The number of rotatable bonds is 13. The van der Waals surface area contributed by atoms with Crippen molar-refractivity contribution in [2.75, 3.05) is 6.61 Å². The van der Waals surface area contributed by atoms with Gasteiger partial charge in [-0.1, -0.05) is 51.5 Å². The van der Waals surface area contributed by atoms with Gasteiger partial charge in [-0.3, -0.25) is 24.0 Å². The molecule has 9 atom stereocenters. The van der Waals surface area contributed by atoms with Crippen LogP contribution in [-0.4, -0.2) is 86.0 Å². The summed E-state index contributed by atoms with van der Waals surface area (Å²) in [6, 6.07) is 5.07. The summed E-state index contributed by atoms with van der Waals surface area (Å²) in [7, 11) is 0. The third-order valence-electron chi connectivity index (χ3n) is 13.4. The van der Waals surface area contributed by atoms with Gasteiger partial charge in [0.2, 0.25) is 17.6 Å². The number of Topliss-reactive ketones (excluding diaryl/α,β-unsaturated/α-hetero) is 1. The predicted molar refractivity (Wildman–Crippen MR) is 197 cm³/mol. The number of aromatic amines is 1. The molecule has 0 bridgehead atoms. The van der Waals surface area contributed by atoms with E-state index >= 15 is 0 Å². The van der Waals surface area contributed by atoms with Crippen molar-refractivity contribution in [2.24, 2.45) is 34.5 Å². The molecule has 0 unspecified atom stereocenters. The van der Waals surface area contributed by atoms with Crippen molar-refractivity contribution >= 4 is 46.2 Å². The zero-order valence-electron chi connectivity index (χ0n) is 31.5. The highest BCUT2D eigenvalue weighted by molar-refractivity contribution is 5.93. The number of hydrogen-bond donors (Lipinski definition) is 6. The molecule has 1 aromatic carbocycles. The number of aliphatic carboxylic acids is 1. The summed E-state index contributed by atoms with van der Waals surface area (Å²) in [5.74, 6) is -4.32. The molecule has 292 valence electrons. The Hall–Kier alpha value is -4.36.